The lowest BCUT2D eigenvalue weighted by Crippen LogP contribution is -2.01. The number of halogens is 2. The van der Waals surface area contributed by atoms with Crippen molar-refractivity contribution < 1.29 is 13.2 Å². The molecule has 0 saturated carbocycles. The number of ether oxygens (including phenoxy) is 1. The highest BCUT2D eigenvalue weighted by molar-refractivity contribution is 9.10. The van der Waals surface area contributed by atoms with Crippen molar-refractivity contribution in [3.63, 3.8) is 0 Å². The SMILES string of the molecule is COc1c(CS(=O)(=O)Cl)cc(C)c(C)c1Br. The van der Waals surface area contributed by atoms with Crippen LogP contribution in [0.5, 0.6) is 5.75 Å². The number of hydrogen-bond donors (Lipinski definition) is 0. The maximum absolute atomic E-state index is 11.1. The third kappa shape index (κ3) is 3.12. The Morgan fingerprint density at radius 1 is 1.44 bits per heavy atom. The van der Waals surface area contributed by atoms with Crippen molar-refractivity contribution in [3.05, 3.63) is 27.2 Å². The van der Waals surface area contributed by atoms with Gasteiger partial charge >= 0.3 is 0 Å². The zero-order chi connectivity index (χ0) is 12.5. The van der Waals surface area contributed by atoms with Gasteiger partial charge in [-0.15, -0.1) is 0 Å². The van der Waals surface area contributed by atoms with Gasteiger partial charge in [0.05, 0.1) is 17.3 Å². The molecule has 0 bridgehead atoms. The van der Waals surface area contributed by atoms with Crippen molar-refractivity contribution >= 4 is 35.7 Å². The van der Waals surface area contributed by atoms with Crippen molar-refractivity contribution in [2.24, 2.45) is 0 Å². The predicted molar refractivity (Wildman–Crippen MR) is 68.6 cm³/mol. The average molecular weight is 328 g/mol. The first-order valence-corrected chi connectivity index (χ1v) is 7.78. The van der Waals surface area contributed by atoms with Crippen LogP contribution in [0.2, 0.25) is 0 Å². The first-order valence-electron chi connectivity index (χ1n) is 4.51. The molecule has 0 saturated heterocycles. The second-order valence-corrected chi connectivity index (χ2v) is 7.08. The minimum absolute atomic E-state index is 0.239. The zero-order valence-corrected chi connectivity index (χ0v) is 12.3. The quantitative estimate of drug-likeness (QED) is 0.801. The normalized spacial score (nSPS) is 11.6. The maximum Gasteiger partial charge on any atom is 0.236 e. The lowest BCUT2D eigenvalue weighted by atomic mass is 10.1. The van der Waals surface area contributed by atoms with Crippen LogP contribution < -0.4 is 4.74 Å². The second-order valence-electron chi connectivity index (χ2n) is 3.51. The third-order valence-corrected chi connectivity index (χ3v) is 4.27. The van der Waals surface area contributed by atoms with Crippen LogP contribution >= 0.6 is 26.6 Å². The molecule has 0 heterocycles. The highest BCUT2D eigenvalue weighted by Gasteiger charge is 2.17. The molecular weight excluding hydrogens is 316 g/mol. The summed E-state index contributed by atoms with van der Waals surface area (Å²) in [5, 5.41) is 0. The number of hydrogen-bond acceptors (Lipinski definition) is 3. The highest BCUT2D eigenvalue weighted by atomic mass is 79.9. The maximum atomic E-state index is 11.1. The van der Waals surface area contributed by atoms with Crippen molar-refractivity contribution in [3.8, 4) is 5.75 Å². The summed E-state index contributed by atoms with van der Waals surface area (Å²) in [7, 11) is 3.16. The van der Waals surface area contributed by atoms with E-state index in [0.717, 1.165) is 15.6 Å². The van der Waals surface area contributed by atoms with Gasteiger partial charge in [-0.1, -0.05) is 6.07 Å². The van der Waals surface area contributed by atoms with Crippen LogP contribution in [-0.4, -0.2) is 15.5 Å². The molecule has 1 rings (SSSR count). The van der Waals surface area contributed by atoms with Gasteiger partial charge in [-0.2, -0.15) is 0 Å². The van der Waals surface area contributed by atoms with Gasteiger partial charge in [0, 0.05) is 16.2 Å². The van der Waals surface area contributed by atoms with Gasteiger partial charge in [-0.25, -0.2) is 8.42 Å². The zero-order valence-electron chi connectivity index (χ0n) is 9.17. The first-order chi connectivity index (χ1) is 7.26. The number of methoxy groups -OCH3 is 1. The molecule has 1 aromatic carbocycles. The lowest BCUT2D eigenvalue weighted by molar-refractivity contribution is 0.408. The van der Waals surface area contributed by atoms with Crippen LogP contribution in [0.3, 0.4) is 0 Å². The summed E-state index contributed by atoms with van der Waals surface area (Å²) in [5.41, 5.74) is 2.57. The van der Waals surface area contributed by atoms with Crippen molar-refractivity contribution in [2.75, 3.05) is 7.11 Å². The first kappa shape index (κ1) is 13.8. The molecule has 0 aliphatic heterocycles. The van der Waals surface area contributed by atoms with Gasteiger partial charge in [-0.05, 0) is 40.9 Å². The summed E-state index contributed by atoms with van der Waals surface area (Å²) in [6, 6.07) is 1.78. The molecular formula is C10H12BrClO3S. The van der Waals surface area contributed by atoms with E-state index in [1.807, 2.05) is 13.8 Å². The van der Waals surface area contributed by atoms with E-state index in [1.165, 1.54) is 7.11 Å². The Morgan fingerprint density at radius 3 is 2.44 bits per heavy atom. The molecule has 0 fully saturated rings. The van der Waals surface area contributed by atoms with Crippen LogP contribution in [0.1, 0.15) is 16.7 Å². The summed E-state index contributed by atoms with van der Waals surface area (Å²) in [6.45, 7) is 3.84. The fourth-order valence-electron chi connectivity index (χ4n) is 1.43. The van der Waals surface area contributed by atoms with Crippen LogP contribution in [0, 0.1) is 13.8 Å². The van der Waals surface area contributed by atoms with E-state index in [4.69, 9.17) is 15.4 Å². The second kappa shape index (κ2) is 4.94. The van der Waals surface area contributed by atoms with E-state index in [2.05, 4.69) is 15.9 Å². The van der Waals surface area contributed by atoms with E-state index in [-0.39, 0.29) is 5.75 Å². The molecule has 1 aromatic rings. The summed E-state index contributed by atoms with van der Waals surface area (Å²) < 4.78 is 28.1. The minimum Gasteiger partial charge on any atom is -0.495 e. The van der Waals surface area contributed by atoms with E-state index in [0.29, 0.717) is 11.3 Å². The van der Waals surface area contributed by atoms with Crippen molar-refractivity contribution in [2.45, 2.75) is 19.6 Å². The van der Waals surface area contributed by atoms with Gasteiger partial charge in [0.25, 0.3) is 0 Å². The van der Waals surface area contributed by atoms with E-state index >= 15 is 0 Å². The molecule has 0 atom stereocenters. The van der Waals surface area contributed by atoms with E-state index in [9.17, 15) is 8.42 Å². The van der Waals surface area contributed by atoms with Crippen LogP contribution in [0.4, 0.5) is 0 Å². The molecule has 0 aliphatic carbocycles. The molecule has 0 unspecified atom stereocenters. The Balaban J connectivity index is 3.39. The Morgan fingerprint density at radius 2 is 2.00 bits per heavy atom. The van der Waals surface area contributed by atoms with Gasteiger partial charge < -0.3 is 4.74 Å². The number of aryl methyl sites for hydroxylation is 1. The molecule has 0 spiro atoms. The molecule has 0 N–H and O–H groups in total. The molecule has 90 valence electrons. The minimum atomic E-state index is -3.58. The predicted octanol–water partition coefficient (Wildman–Crippen LogP) is 3.14. The molecule has 0 aromatic heterocycles. The smallest absolute Gasteiger partial charge is 0.236 e. The number of benzene rings is 1. The molecule has 16 heavy (non-hydrogen) atoms. The average Bonchev–Trinajstić information content (AvgIpc) is 2.12. The Hall–Kier alpha value is -0.260. The fourth-order valence-corrected chi connectivity index (χ4v) is 3.10. The third-order valence-electron chi connectivity index (χ3n) is 2.33. The summed E-state index contributed by atoms with van der Waals surface area (Å²) in [5.74, 6) is 0.282. The highest BCUT2D eigenvalue weighted by Crippen LogP contribution is 2.35. The van der Waals surface area contributed by atoms with Crippen molar-refractivity contribution in [1.82, 2.24) is 0 Å². The summed E-state index contributed by atoms with van der Waals surface area (Å²) in [6.07, 6.45) is 0. The summed E-state index contributed by atoms with van der Waals surface area (Å²) >= 11 is 3.39. The fraction of sp³-hybridized carbons (Fsp3) is 0.400. The molecule has 0 amide bonds. The van der Waals surface area contributed by atoms with Crippen LogP contribution in [0.25, 0.3) is 0 Å². The van der Waals surface area contributed by atoms with Gasteiger partial charge in [-0.3, -0.25) is 0 Å². The van der Waals surface area contributed by atoms with Crippen LogP contribution in [-0.2, 0) is 14.8 Å². The Labute approximate surface area is 108 Å². The van der Waals surface area contributed by atoms with Gasteiger partial charge in [0.2, 0.25) is 9.05 Å². The van der Waals surface area contributed by atoms with Gasteiger partial charge in [0.1, 0.15) is 5.75 Å². The van der Waals surface area contributed by atoms with Gasteiger partial charge in [0.15, 0.2) is 0 Å². The standard InChI is InChI=1S/C10H12BrClO3S/c1-6-4-8(5-16(12,13)14)10(15-3)9(11)7(6)2/h4H,5H2,1-3H3. The van der Waals surface area contributed by atoms with Crippen molar-refractivity contribution in [1.29, 1.82) is 0 Å². The lowest BCUT2D eigenvalue weighted by Gasteiger charge is -2.13. The summed E-state index contributed by atoms with van der Waals surface area (Å²) in [4.78, 5) is 0. The molecule has 0 aliphatic rings. The monoisotopic (exact) mass is 326 g/mol. The Bertz CT molecular complexity index is 511. The largest absolute Gasteiger partial charge is 0.495 e. The number of rotatable bonds is 3. The van der Waals surface area contributed by atoms with E-state index in [1.54, 1.807) is 6.07 Å². The van der Waals surface area contributed by atoms with E-state index < -0.39 is 9.05 Å². The van der Waals surface area contributed by atoms with Crippen LogP contribution in [0.15, 0.2) is 10.5 Å². The topological polar surface area (TPSA) is 43.4 Å². The molecule has 6 heteroatoms. The Kier molecular flexibility index (Phi) is 4.26. The molecule has 0 radical (unpaired) electrons. The molecule has 3 nitrogen and oxygen atoms in total.